The number of nitrogens with zero attached hydrogens (tertiary/aromatic N) is 1. The van der Waals surface area contributed by atoms with Crippen LogP contribution in [0.25, 0.3) is 0 Å². The first-order chi connectivity index (χ1) is 12.5. The highest BCUT2D eigenvalue weighted by atomic mass is 16.2. The van der Waals surface area contributed by atoms with Gasteiger partial charge in [-0.25, -0.2) is 4.98 Å². The van der Waals surface area contributed by atoms with Gasteiger partial charge in [-0.15, -0.1) is 0 Å². The summed E-state index contributed by atoms with van der Waals surface area (Å²) < 4.78 is 0. The summed E-state index contributed by atoms with van der Waals surface area (Å²) in [4.78, 5) is 19.6. The van der Waals surface area contributed by atoms with Crippen molar-refractivity contribution in [2.24, 2.45) is 0 Å². The van der Waals surface area contributed by atoms with Gasteiger partial charge >= 0.3 is 0 Å². The zero-order chi connectivity index (χ0) is 18.5. The maximum atomic E-state index is 12.6. The molecule has 138 valence electrons. The summed E-state index contributed by atoms with van der Waals surface area (Å²) in [6.45, 7) is 10.2. The smallest absolute Gasteiger partial charge is 0.282 e. The van der Waals surface area contributed by atoms with Crippen molar-refractivity contribution in [1.82, 2.24) is 0 Å². The van der Waals surface area contributed by atoms with Crippen molar-refractivity contribution in [2.75, 3.05) is 36.4 Å². The van der Waals surface area contributed by atoms with E-state index in [1.54, 1.807) is 0 Å². The third-order valence-corrected chi connectivity index (χ3v) is 5.29. The minimum absolute atomic E-state index is 0.0540. The number of pyridine rings is 1. The maximum absolute atomic E-state index is 12.6. The van der Waals surface area contributed by atoms with Crippen LogP contribution in [0.5, 0.6) is 0 Å². The number of anilines is 2. The molecule has 1 amide bonds. The fourth-order valence-corrected chi connectivity index (χ4v) is 3.44. The van der Waals surface area contributed by atoms with Crippen LogP contribution >= 0.6 is 0 Å². The number of rotatable bonds is 5. The van der Waals surface area contributed by atoms with Crippen molar-refractivity contribution in [3.05, 3.63) is 54.2 Å². The third-order valence-electron chi connectivity index (χ3n) is 5.29. The second-order valence-electron chi connectivity index (χ2n) is 7.38. The fourth-order valence-electron chi connectivity index (χ4n) is 3.44. The molecule has 1 saturated heterocycles. The van der Waals surface area contributed by atoms with Crippen LogP contribution < -0.4 is 20.1 Å². The minimum Gasteiger partial charge on any atom is -0.321 e. The van der Waals surface area contributed by atoms with Crippen LogP contribution in [-0.4, -0.2) is 38.1 Å². The van der Waals surface area contributed by atoms with Crippen molar-refractivity contribution in [3.63, 3.8) is 0 Å². The molecule has 1 aromatic carbocycles. The summed E-state index contributed by atoms with van der Waals surface area (Å²) in [5, 5.41) is 3.07. The molecule has 3 N–H and O–H groups in total. The number of carbonyl (C=O) groups is 1. The molecule has 5 heteroatoms. The van der Waals surface area contributed by atoms with E-state index >= 15 is 0 Å². The Balaban J connectivity index is 1.53. The highest BCUT2D eigenvalue weighted by Gasteiger charge is 2.32. The van der Waals surface area contributed by atoms with Crippen LogP contribution in [-0.2, 0) is 4.79 Å². The molecule has 0 saturated carbocycles. The Bertz CT molecular complexity index is 707. The van der Waals surface area contributed by atoms with Crippen molar-refractivity contribution in [1.29, 1.82) is 0 Å². The molecule has 1 aliphatic rings. The largest absolute Gasteiger partial charge is 0.321 e. The van der Waals surface area contributed by atoms with E-state index in [2.05, 4.69) is 47.2 Å². The number of aromatic nitrogens is 1. The first-order valence-corrected chi connectivity index (χ1v) is 9.51. The summed E-state index contributed by atoms with van der Waals surface area (Å²) >= 11 is 0. The SMILES string of the molecule is CC(C)c1ccc(NC(=O)[C@@H](C)[NH+]2CCN(c3cccc[nH+]3)CC2)cc1. The van der Waals surface area contributed by atoms with Gasteiger partial charge in [0, 0.05) is 11.8 Å². The topological polar surface area (TPSA) is 50.9 Å². The lowest BCUT2D eigenvalue weighted by molar-refractivity contribution is -0.914. The van der Waals surface area contributed by atoms with Crippen molar-refractivity contribution in [3.8, 4) is 0 Å². The van der Waals surface area contributed by atoms with Gasteiger partial charge in [0.05, 0.1) is 6.20 Å². The molecule has 1 atom stereocenters. The lowest BCUT2D eigenvalue weighted by atomic mass is 10.0. The molecule has 0 aliphatic carbocycles. The van der Waals surface area contributed by atoms with E-state index < -0.39 is 0 Å². The molecule has 5 nitrogen and oxygen atoms in total. The minimum atomic E-state index is -0.0540. The Morgan fingerprint density at radius 1 is 1.08 bits per heavy atom. The average Bonchev–Trinajstić information content (AvgIpc) is 2.68. The monoisotopic (exact) mass is 354 g/mol. The summed E-state index contributed by atoms with van der Waals surface area (Å²) in [5.41, 5.74) is 2.17. The van der Waals surface area contributed by atoms with Gasteiger partial charge in [-0.1, -0.05) is 32.0 Å². The normalized spacial score (nSPS) is 16.5. The van der Waals surface area contributed by atoms with Crippen LogP contribution in [0, 0.1) is 0 Å². The van der Waals surface area contributed by atoms with Crippen molar-refractivity contribution < 1.29 is 14.7 Å². The number of carbonyl (C=O) groups excluding carboxylic acids is 1. The number of piperazine rings is 1. The molecular weight excluding hydrogens is 324 g/mol. The number of aromatic amines is 1. The lowest BCUT2D eigenvalue weighted by Gasteiger charge is -2.31. The maximum Gasteiger partial charge on any atom is 0.282 e. The number of amides is 1. The van der Waals surface area contributed by atoms with Gasteiger partial charge in [-0.05, 0) is 36.6 Å². The second-order valence-corrected chi connectivity index (χ2v) is 7.38. The van der Waals surface area contributed by atoms with Crippen molar-refractivity contribution >= 4 is 17.4 Å². The Kier molecular flexibility index (Phi) is 5.89. The number of nitrogens with one attached hydrogen (secondary N) is 3. The zero-order valence-corrected chi connectivity index (χ0v) is 16.0. The van der Waals surface area contributed by atoms with E-state index in [1.807, 2.05) is 37.4 Å². The molecule has 1 fully saturated rings. The second kappa shape index (κ2) is 8.32. The van der Waals surface area contributed by atoms with E-state index in [0.717, 1.165) is 37.7 Å². The number of H-pyrrole nitrogens is 1. The Morgan fingerprint density at radius 3 is 2.35 bits per heavy atom. The molecule has 0 radical (unpaired) electrons. The van der Waals surface area contributed by atoms with Crippen molar-refractivity contribution in [2.45, 2.75) is 32.7 Å². The first-order valence-electron chi connectivity index (χ1n) is 9.51. The molecule has 3 rings (SSSR count). The van der Waals surface area contributed by atoms with Crippen LogP contribution in [0.15, 0.2) is 48.7 Å². The van der Waals surface area contributed by atoms with Gasteiger partial charge in [0.2, 0.25) is 0 Å². The lowest BCUT2D eigenvalue weighted by Crippen LogP contribution is -3.19. The molecular formula is C21H30N4O+2. The molecule has 1 aromatic heterocycles. The highest BCUT2D eigenvalue weighted by Crippen LogP contribution is 2.17. The summed E-state index contributed by atoms with van der Waals surface area (Å²) in [6, 6.07) is 14.3. The molecule has 26 heavy (non-hydrogen) atoms. The molecule has 1 aliphatic heterocycles. The first kappa shape index (κ1) is 18.4. The number of benzene rings is 1. The van der Waals surface area contributed by atoms with E-state index in [4.69, 9.17) is 0 Å². The average molecular weight is 354 g/mol. The van der Waals surface area contributed by atoms with E-state index in [1.165, 1.54) is 10.5 Å². The predicted octanol–water partition coefficient (Wildman–Crippen LogP) is 1.36. The molecule has 2 aromatic rings. The third kappa shape index (κ3) is 4.41. The fraction of sp³-hybridized carbons (Fsp3) is 0.429. The van der Waals surface area contributed by atoms with Crippen LogP contribution in [0.2, 0.25) is 0 Å². The molecule has 2 heterocycles. The number of quaternary nitrogens is 1. The Hall–Kier alpha value is -2.40. The number of hydrogen-bond donors (Lipinski definition) is 2. The molecule has 0 bridgehead atoms. The van der Waals surface area contributed by atoms with Gasteiger partial charge in [0.25, 0.3) is 11.7 Å². The molecule has 0 spiro atoms. The quantitative estimate of drug-likeness (QED) is 0.852. The Morgan fingerprint density at radius 2 is 1.77 bits per heavy atom. The van der Waals surface area contributed by atoms with Gasteiger partial charge in [0.1, 0.15) is 26.2 Å². The van der Waals surface area contributed by atoms with Crippen LogP contribution in [0.3, 0.4) is 0 Å². The summed E-state index contributed by atoms with van der Waals surface area (Å²) in [7, 11) is 0. The van der Waals surface area contributed by atoms with Crippen LogP contribution in [0.4, 0.5) is 11.5 Å². The number of hydrogen-bond acceptors (Lipinski definition) is 2. The molecule has 0 unspecified atom stereocenters. The van der Waals surface area contributed by atoms with E-state index in [-0.39, 0.29) is 11.9 Å². The van der Waals surface area contributed by atoms with Gasteiger partial charge in [0.15, 0.2) is 6.04 Å². The van der Waals surface area contributed by atoms with Gasteiger partial charge in [-0.2, -0.15) is 0 Å². The van der Waals surface area contributed by atoms with Gasteiger partial charge in [-0.3, -0.25) is 9.69 Å². The van der Waals surface area contributed by atoms with Gasteiger partial charge < -0.3 is 10.2 Å². The predicted molar refractivity (Wildman–Crippen MR) is 105 cm³/mol. The van der Waals surface area contributed by atoms with E-state index in [9.17, 15) is 4.79 Å². The summed E-state index contributed by atoms with van der Waals surface area (Å²) in [6.07, 6.45) is 1.95. The highest BCUT2D eigenvalue weighted by molar-refractivity contribution is 5.93. The van der Waals surface area contributed by atoms with Crippen LogP contribution in [0.1, 0.15) is 32.3 Å². The standard InChI is InChI=1S/C21H28N4O/c1-16(2)18-7-9-19(10-8-18)23-21(26)17(3)24-12-14-25(15-13-24)20-6-4-5-11-22-20/h4-11,16-17H,12-15H2,1-3H3,(H,23,26)/p+2/t17-/m1/s1. The Labute approximate surface area is 156 Å². The summed E-state index contributed by atoms with van der Waals surface area (Å²) in [5.74, 6) is 1.74. The van der Waals surface area contributed by atoms with E-state index in [0.29, 0.717) is 5.92 Å². The zero-order valence-electron chi connectivity index (χ0n) is 16.0.